The molecule has 3 aromatic rings. The van der Waals surface area contributed by atoms with Gasteiger partial charge in [0.15, 0.2) is 0 Å². The van der Waals surface area contributed by atoms with Crippen LogP contribution in [0.3, 0.4) is 0 Å². The summed E-state index contributed by atoms with van der Waals surface area (Å²) in [4.78, 5) is 57.6. The fourth-order valence-electron chi connectivity index (χ4n) is 9.87. The molecule has 8 rings (SSSR count). The van der Waals surface area contributed by atoms with Crippen molar-refractivity contribution in [3.8, 4) is 6.07 Å². The number of halogens is 1. The Morgan fingerprint density at radius 3 is 2.28 bits per heavy atom. The van der Waals surface area contributed by atoms with Gasteiger partial charge in [-0.2, -0.15) is 5.26 Å². The number of carbonyl (C=O) groups excluding carboxylic acids is 4. The Hall–Kier alpha value is -4.64. The lowest BCUT2D eigenvalue weighted by Crippen LogP contribution is -2.65. The number of nitrogens with zero attached hydrogens (tertiary/aromatic N) is 6. The summed E-state index contributed by atoms with van der Waals surface area (Å²) in [5.74, 6) is -0.480. The van der Waals surface area contributed by atoms with Crippen LogP contribution in [-0.4, -0.2) is 117 Å². The van der Waals surface area contributed by atoms with Gasteiger partial charge in [-0.25, -0.2) is 0 Å². The van der Waals surface area contributed by atoms with Gasteiger partial charge < -0.3 is 19.4 Å². The summed E-state index contributed by atoms with van der Waals surface area (Å²) in [7, 11) is 5.74. The average molecular weight is 808 g/mol. The SMILES string of the molecule is COC1(CN2Cc3cc(C=O)c(CN(C)C4CCC(=O)NC4=O)cc3C2)CN(C)C1.C[C@H]1CC2(CCN(c3ccc(C=O)cc3)CC2)CN1c1ccc(C#N)c(Cl)c1. The number of hydrogen-bond acceptors (Lipinski definition) is 11. The Bertz CT molecular complexity index is 2070. The van der Waals surface area contributed by atoms with Gasteiger partial charge in [0.05, 0.1) is 16.6 Å². The lowest BCUT2D eigenvalue weighted by molar-refractivity contribution is -0.137. The number of amides is 2. The van der Waals surface area contributed by atoms with Gasteiger partial charge in [0, 0.05) is 101 Å². The zero-order valence-electron chi connectivity index (χ0n) is 34.0. The van der Waals surface area contributed by atoms with Gasteiger partial charge >= 0.3 is 0 Å². The number of likely N-dealkylation sites (N-methyl/N-ethyl adjacent to an activating group) is 2. The third-order valence-corrected chi connectivity index (χ3v) is 13.3. The van der Waals surface area contributed by atoms with E-state index in [0.717, 1.165) is 94.6 Å². The molecule has 3 aromatic carbocycles. The van der Waals surface area contributed by atoms with Crippen LogP contribution < -0.4 is 15.1 Å². The number of anilines is 2. The molecule has 0 aromatic heterocycles. The normalized spacial score (nSPS) is 22.5. The first kappa shape index (κ1) is 41.5. The van der Waals surface area contributed by atoms with Gasteiger partial charge in [-0.05, 0) is 117 Å². The quantitative estimate of drug-likeness (QED) is 0.212. The molecule has 4 fully saturated rings. The molecule has 5 aliphatic rings. The average Bonchev–Trinajstić information content (AvgIpc) is 3.75. The highest BCUT2D eigenvalue weighted by molar-refractivity contribution is 6.32. The van der Waals surface area contributed by atoms with E-state index in [1.807, 2.05) is 60.5 Å². The number of benzene rings is 3. The molecule has 306 valence electrons. The van der Waals surface area contributed by atoms with E-state index in [4.69, 9.17) is 21.6 Å². The number of imide groups is 1. The molecule has 4 saturated heterocycles. The molecule has 1 unspecified atom stereocenters. The van der Waals surface area contributed by atoms with E-state index in [1.54, 1.807) is 7.11 Å². The molecule has 0 saturated carbocycles. The van der Waals surface area contributed by atoms with Crippen molar-refractivity contribution in [3.05, 3.63) is 93.0 Å². The fourth-order valence-corrected chi connectivity index (χ4v) is 10.1. The molecule has 5 heterocycles. The third kappa shape index (κ3) is 8.84. The largest absolute Gasteiger partial charge is 0.374 e. The highest BCUT2D eigenvalue weighted by Gasteiger charge is 2.45. The van der Waals surface area contributed by atoms with Crippen LogP contribution in [0.1, 0.15) is 82.0 Å². The number of rotatable bonds is 10. The van der Waals surface area contributed by atoms with Gasteiger partial charge in [-0.1, -0.05) is 17.7 Å². The number of carbonyl (C=O) groups is 4. The van der Waals surface area contributed by atoms with E-state index in [-0.39, 0.29) is 23.5 Å². The number of fused-ring (bicyclic) bond motifs is 1. The molecule has 13 heteroatoms. The van der Waals surface area contributed by atoms with E-state index in [0.29, 0.717) is 47.0 Å². The number of methoxy groups -OCH3 is 1. The zero-order valence-corrected chi connectivity index (χ0v) is 34.8. The number of nitriles is 1. The summed E-state index contributed by atoms with van der Waals surface area (Å²) < 4.78 is 5.80. The molecule has 0 radical (unpaired) electrons. The summed E-state index contributed by atoms with van der Waals surface area (Å²) in [6.07, 6.45) is 6.14. The second kappa shape index (κ2) is 17.3. The number of ether oxygens (including phenoxy) is 1. The molecule has 2 amide bonds. The molecule has 1 N–H and O–H groups in total. The number of aldehydes is 2. The standard InChI is InChI=1S/C23H24ClN3O.C22H30N4O4/c1-17-13-23(16-27(17)21-7-4-19(14-25)22(24)12-21)8-10-26(11-9-23)20-5-2-18(15-28)3-6-20;1-24-12-22(13-24,30-3)14-26-9-16-6-15(18(11-27)7-17(16)10-26)8-25(2)19-4-5-20(28)23-21(19)29/h2-7,12,15,17H,8-11,13,16H2,1H3;6-7,11,19H,4-5,8-10,12-14H2,1-3H3,(H,23,28,29)/t17-;/m0./s1. The molecule has 0 aliphatic carbocycles. The maximum absolute atomic E-state index is 12.2. The zero-order chi connectivity index (χ0) is 41.2. The van der Waals surface area contributed by atoms with Crippen LogP contribution in [0.2, 0.25) is 5.02 Å². The lowest BCUT2D eigenvalue weighted by atomic mass is 9.76. The Morgan fingerprint density at radius 1 is 0.983 bits per heavy atom. The van der Waals surface area contributed by atoms with Crippen molar-refractivity contribution in [2.45, 2.75) is 76.3 Å². The molecule has 12 nitrogen and oxygen atoms in total. The highest BCUT2D eigenvalue weighted by atomic mass is 35.5. The van der Waals surface area contributed by atoms with Crippen molar-refractivity contribution in [1.82, 2.24) is 20.0 Å². The molecule has 58 heavy (non-hydrogen) atoms. The van der Waals surface area contributed by atoms with Gasteiger partial charge in [0.2, 0.25) is 11.8 Å². The summed E-state index contributed by atoms with van der Waals surface area (Å²) in [6.45, 7) is 10.2. The first-order chi connectivity index (χ1) is 27.9. The second-order valence-corrected chi connectivity index (χ2v) is 17.6. The van der Waals surface area contributed by atoms with E-state index < -0.39 is 0 Å². The smallest absolute Gasteiger partial charge is 0.243 e. The maximum atomic E-state index is 12.2. The lowest BCUT2D eigenvalue weighted by Gasteiger charge is -2.49. The van der Waals surface area contributed by atoms with Gasteiger partial charge in [0.25, 0.3) is 0 Å². The van der Waals surface area contributed by atoms with E-state index in [1.165, 1.54) is 23.2 Å². The third-order valence-electron chi connectivity index (χ3n) is 13.0. The highest BCUT2D eigenvalue weighted by Crippen LogP contribution is 2.46. The number of likely N-dealkylation sites (tertiary alicyclic amines) is 1. The molecule has 2 atom stereocenters. The van der Waals surface area contributed by atoms with Gasteiger partial charge in [-0.3, -0.25) is 34.3 Å². The summed E-state index contributed by atoms with van der Waals surface area (Å²) in [5, 5.41) is 12.0. The molecular formula is C45H54ClN7O5. The molecule has 5 aliphatic heterocycles. The first-order valence-corrected chi connectivity index (χ1v) is 20.6. The van der Waals surface area contributed by atoms with Crippen LogP contribution in [0.4, 0.5) is 11.4 Å². The van der Waals surface area contributed by atoms with Crippen LogP contribution in [0.5, 0.6) is 0 Å². The van der Waals surface area contributed by atoms with Crippen molar-refractivity contribution in [2.24, 2.45) is 5.41 Å². The van der Waals surface area contributed by atoms with Crippen molar-refractivity contribution in [1.29, 1.82) is 5.26 Å². The topological polar surface area (TPSA) is 130 Å². The number of piperidine rings is 2. The number of nitrogens with one attached hydrogen (secondary N) is 1. The fraction of sp³-hybridized carbons (Fsp3) is 0.489. The van der Waals surface area contributed by atoms with E-state index in [9.17, 15) is 19.2 Å². The predicted octanol–water partition coefficient (Wildman–Crippen LogP) is 5.29. The number of hydrogen-bond donors (Lipinski definition) is 1. The van der Waals surface area contributed by atoms with Crippen LogP contribution in [0.25, 0.3) is 0 Å². The summed E-state index contributed by atoms with van der Waals surface area (Å²) in [5.41, 5.74) is 7.77. The molecular weight excluding hydrogens is 754 g/mol. The van der Waals surface area contributed by atoms with Crippen LogP contribution >= 0.6 is 11.6 Å². The second-order valence-electron chi connectivity index (χ2n) is 17.2. The van der Waals surface area contributed by atoms with Crippen LogP contribution in [-0.2, 0) is 34.0 Å². The first-order valence-electron chi connectivity index (χ1n) is 20.2. The maximum Gasteiger partial charge on any atom is 0.243 e. The van der Waals surface area contributed by atoms with Crippen LogP contribution in [0, 0.1) is 16.7 Å². The van der Waals surface area contributed by atoms with E-state index >= 15 is 0 Å². The van der Waals surface area contributed by atoms with Crippen molar-refractivity contribution < 1.29 is 23.9 Å². The Balaban J connectivity index is 0.000000177. The molecule has 1 spiro atoms. The minimum atomic E-state index is -0.357. The van der Waals surface area contributed by atoms with Crippen molar-refractivity contribution in [2.75, 3.05) is 70.3 Å². The van der Waals surface area contributed by atoms with E-state index in [2.05, 4.69) is 51.0 Å². The summed E-state index contributed by atoms with van der Waals surface area (Å²) >= 11 is 6.26. The van der Waals surface area contributed by atoms with Crippen molar-refractivity contribution >= 4 is 47.4 Å². The Morgan fingerprint density at radius 2 is 1.67 bits per heavy atom. The predicted molar refractivity (Wildman–Crippen MR) is 224 cm³/mol. The minimum absolute atomic E-state index is 0.112. The Kier molecular flexibility index (Phi) is 12.4. The minimum Gasteiger partial charge on any atom is -0.374 e. The van der Waals surface area contributed by atoms with Crippen molar-refractivity contribution in [3.63, 3.8) is 0 Å². The Labute approximate surface area is 346 Å². The monoisotopic (exact) mass is 807 g/mol. The van der Waals surface area contributed by atoms with Gasteiger partial charge in [0.1, 0.15) is 24.2 Å². The van der Waals surface area contributed by atoms with Crippen LogP contribution in [0.15, 0.2) is 54.6 Å². The van der Waals surface area contributed by atoms with Gasteiger partial charge in [-0.15, -0.1) is 0 Å². The summed E-state index contributed by atoms with van der Waals surface area (Å²) in [6, 6.07) is 20.0. The molecule has 0 bridgehead atoms.